The summed E-state index contributed by atoms with van der Waals surface area (Å²) in [5.41, 5.74) is 1.81. The summed E-state index contributed by atoms with van der Waals surface area (Å²) < 4.78 is 0. The molecule has 1 heterocycles. The fourth-order valence-electron chi connectivity index (χ4n) is 1.65. The van der Waals surface area contributed by atoms with Crippen LogP contribution in [0.15, 0.2) is 48.7 Å². The predicted molar refractivity (Wildman–Crippen MR) is 68.1 cm³/mol. The van der Waals surface area contributed by atoms with E-state index in [4.69, 9.17) is 0 Å². The lowest BCUT2D eigenvalue weighted by atomic mass is 10.1. The number of benzene rings is 1. The molecular formula is C14H14N2O. The maximum absolute atomic E-state index is 10.7. The number of aromatic nitrogens is 1. The van der Waals surface area contributed by atoms with Gasteiger partial charge in [0, 0.05) is 17.8 Å². The van der Waals surface area contributed by atoms with Crippen molar-refractivity contribution in [2.24, 2.45) is 0 Å². The van der Waals surface area contributed by atoms with Crippen molar-refractivity contribution in [1.82, 2.24) is 4.98 Å². The van der Waals surface area contributed by atoms with E-state index in [1.165, 1.54) is 5.56 Å². The lowest BCUT2D eigenvalue weighted by Gasteiger charge is -2.14. The Kier molecular flexibility index (Phi) is 3.50. The summed E-state index contributed by atoms with van der Waals surface area (Å²) >= 11 is 0. The Bertz CT molecular complexity index is 497. The Balaban J connectivity index is 2.13. The van der Waals surface area contributed by atoms with Crippen molar-refractivity contribution in [3.8, 4) is 0 Å². The number of nitrogens with one attached hydrogen (secondary N) is 1. The number of carbonyl (C=O) groups excluding carboxylic acids is 1. The van der Waals surface area contributed by atoms with Crippen LogP contribution in [0.25, 0.3) is 0 Å². The molecule has 1 aromatic heterocycles. The number of pyridine rings is 1. The smallest absolute Gasteiger partial charge is 0.150 e. The quantitative estimate of drug-likeness (QED) is 0.815. The highest BCUT2D eigenvalue weighted by Gasteiger charge is 2.05. The van der Waals surface area contributed by atoms with Crippen LogP contribution in [0.1, 0.15) is 28.9 Å². The first-order chi connectivity index (χ1) is 8.29. The third kappa shape index (κ3) is 2.91. The summed E-state index contributed by atoms with van der Waals surface area (Å²) in [5.74, 6) is 0.714. The normalized spacial score (nSPS) is 11.8. The molecule has 86 valence electrons. The van der Waals surface area contributed by atoms with Crippen LogP contribution < -0.4 is 5.32 Å². The first-order valence-corrected chi connectivity index (χ1v) is 5.52. The SMILES string of the molecule is C[C@H](Nc1cc(C=O)ccn1)c1ccccc1. The molecule has 0 radical (unpaired) electrons. The van der Waals surface area contributed by atoms with E-state index in [9.17, 15) is 4.79 Å². The first-order valence-electron chi connectivity index (χ1n) is 5.52. The molecule has 3 nitrogen and oxygen atoms in total. The Morgan fingerprint density at radius 2 is 2.00 bits per heavy atom. The molecule has 0 saturated heterocycles. The van der Waals surface area contributed by atoms with Crippen LogP contribution in [-0.4, -0.2) is 11.3 Å². The van der Waals surface area contributed by atoms with Gasteiger partial charge in [-0.15, -0.1) is 0 Å². The number of nitrogens with zero attached hydrogens (tertiary/aromatic N) is 1. The minimum absolute atomic E-state index is 0.158. The van der Waals surface area contributed by atoms with E-state index >= 15 is 0 Å². The topological polar surface area (TPSA) is 42.0 Å². The van der Waals surface area contributed by atoms with Crippen molar-refractivity contribution < 1.29 is 4.79 Å². The highest BCUT2D eigenvalue weighted by molar-refractivity contribution is 5.76. The zero-order valence-corrected chi connectivity index (χ0v) is 9.63. The summed E-state index contributed by atoms with van der Waals surface area (Å²) in [6.45, 7) is 2.06. The molecule has 0 aliphatic rings. The molecule has 0 bridgehead atoms. The van der Waals surface area contributed by atoms with Gasteiger partial charge in [-0.05, 0) is 24.6 Å². The van der Waals surface area contributed by atoms with Gasteiger partial charge in [0.05, 0.1) is 0 Å². The molecule has 0 aliphatic carbocycles. The van der Waals surface area contributed by atoms with Gasteiger partial charge in [-0.25, -0.2) is 4.98 Å². The van der Waals surface area contributed by atoms with Gasteiger partial charge in [0.25, 0.3) is 0 Å². The number of anilines is 1. The molecule has 0 unspecified atom stereocenters. The average molecular weight is 226 g/mol. The number of hydrogen-bond acceptors (Lipinski definition) is 3. The van der Waals surface area contributed by atoms with Crippen LogP contribution in [0.5, 0.6) is 0 Å². The van der Waals surface area contributed by atoms with Crippen molar-refractivity contribution >= 4 is 12.1 Å². The Labute approximate surface area is 101 Å². The Morgan fingerprint density at radius 1 is 1.24 bits per heavy atom. The van der Waals surface area contributed by atoms with Crippen LogP contribution in [0, 0.1) is 0 Å². The number of aldehydes is 1. The monoisotopic (exact) mass is 226 g/mol. The van der Waals surface area contributed by atoms with Crippen molar-refractivity contribution in [3.63, 3.8) is 0 Å². The molecule has 0 aliphatic heterocycles. The van der Waals surface area contributed by atoms with E-state index in [0.717, 1.165) is 6.29 Å². The molecule has 0 saturated carbocycles. The summed E-state index contributed by atoms with van der Waals surface area (Å²) in [4.78, 5) is 14.8. The molecule has 1 N–H and O–H groups in total. The maximum atomic E-state index is 10.7. The molecule has 2 rings (SSSR count). The van der Waals surface area contributed by atoms with Gasteiger partial charge in [-0.3, -0.25) is 4.79 Å². The summed E-state index contributed by atoms with van der Waals surface area (Å²) in [5, 5.41) is 3.26. The van der Waals surface area contributed by atoms with E-state index in [0.29, 0.717) is 11.4 Å². The molecule has 3 heteroatoms. The molecule has 17 heavy (non-hydrogen) atoms. The third-order valence-corrected chi connectivity index (χ3v) is 2.58. The zero-order chi connectivity index (χ0) is 12.1. The van der Waals surface area contributed by atoms with Gasteiger partial charge in [0.2, 0.25) is 0 Å². The lowest BCUT2D eigenvalue weighted by Crippen LogP contribution is -2.07. The molecular weight excluding hydrogens is 212 g/mol. The van der Waals surface area contributed by atoms with Gasteiger partial charge in [-0.2, -0.15) is 0 Å². The minimum Gasteiger partial charge on any atom is -0.364 e. The van der Waals surface area contributed by atoms with Gasteiger partial charge < -0.3 is 5.32 Å². The lowest BCUT2D eigenvalue weighted by molar-refractivity contribution is 0.112. The van der Waals surface area contributed by atoms with Crippen LogP contribution >= 0.6 is 0 Å². The molecule has 2 aromatic rings. The Hall–Kier alpha value is -2.16. The zero-order valence-electron chi connectivity index (χ0n) is 9.63. The fourth-order valence-corrected chi connectivity index (χ4v) is 1.65. The van der Waals surface area contributed by atoms with Gasteiger partial charge in [0.15, 0.2) is 0 Å². The summed E-state index contributed by atoms with van der Waals surface area (Å²) in [6, 6.07) is 13.7. The molecule has 0 fully saturated rings. The average Bonchev–Trinajstić information content (AvgIpc) is 2.40. The van der Waals surface area contributed by atoms with E-state index in [2.05, 4.69) is 29.4 Å². The molecule has 0 spiro atoms. The second-order valence-corrected chi connectivity index (χ2v) is 3.87. The van der Waals surface area contributed by atoms with Gasteiger partial charge in [-0.1, -0.05) is 30.3 Å². The summed E-state index contributed by atoms with van der Waals surface area (Å²) in [6.07, 6.45) is 2.45. The van der Waals surface area contributed by atoms with Crippen LogP contribution in [0.3, 0.4) is 0 Å². The highest BCUT2D eigenvalue weighted by atomic mass is 16.1. The third-order valence-electron chi connectivity index (χ3n) is 2.58. The van der Waals surface area contributed by atoms with Gasteiger partial charge in [0.1, 0.15) is 12.1 Å². The van der Waals surface area contributed by atoms with Crippen LogP contribution in [-0.2, 0) is 0 Å². The van der Waals surface area contributed by atoms with E-state index in [1.807, 2.05) is 18.2 Å². The maximum Gasteiger partial charge on any atom is 0.150 e. The van der Waals surface area contributed by atoms with E-state index in [1.54, 1.807) is 18.3 Å². The highest BCUT2D eigenvalue weighted by Crippen LogP contribution is 2.17. The molecule has 1 aromatic carbocycles. The van der Waals surface area contributed by atoms with Crippen molar-refractivity contribution in [3.05, 3.63) is 59.8 Å². The number of carbonyl (C=O) groups is 1. The number of rotatable bonds is 4. The largest absolute Gasteiger partial charge is 0.364 e. The molecule has 1 atom stereocenters. The predicted octanol–water partition coefficient (Wildman–Crippen LogP) is 3.07. The van der Waals surface area contributed by atoms with Crippen molar-refractivity contribution in [2.75, 3.05) is 5.32 Å². The second kappa shape index (κ2) is 5.25. The minimum atomic E-state index is 0.158. The Morgan fingerprint density at radius 3 is 2.71 bits per heavy atom. The van der Waals surface area contributed by atoms with Crippen molar-refractivity contribution in [2.45, 2.75) is 13.0 Å². The van der Waals surface area contributed by atoms with E-state index < -0.39 is 0 Å². The van der Waals surface area contributed by atoms with Gasteiger partial charge >= 0.3 is 0 Å². The fraction of sp³-hybridized carbons (Fsp3) is 0.143. The number of hydrogen-bond donors (Lipinski definition) is 1. The van der Waals surface area contributed by atoms with E-state index in [-0.39, 0.29) is 6.04 Å². The summed E-state index contributed by atoms with van der Waals surface area (Å²) in [7, 11) is 0. The van der Waals surface area contributed by atoms with Crippen LogP contribution in [0.2, 0.25) is 0 Å². The molecule has 0 amide bonds. The first kappa shape index (κ1) is 11.3. The van der Waals surface area contributed by atoms with Crippen molar-refractivity contribution in [1.29, 1.82) is 0 Å². The second-order valence-electron chi connectivity index (χ2n) is 3.87. The van der Waals surface area contributed by atoms with Crippen LogP contribution in [0.4, 0.5) is 5.82 Å². The standard InChI is InChI=1S/C14H14N2O/c1-11(13-5-3-2-4-6-13)16-14-9-12(10-17)7-8-15-14/h2-11H,1H3,(H,15,16)/t11-/m0/s1.